The molecule has 3 rings (SSSR count). The summed E-state index contributed by atoms with van der Waals surface area (Å²) in [7, 11) is 3.11. The maximum absolute atomic E-state index is 14.7. The Morgan fingerprint density at radius 3 is 2.39 bits per heavy atom. The molecule has 1 saturated heterocycles. The first kappa shape index (κ1) is 20.6. The summed E-state index contributed by atoms with van der Waals surface area (Å²) in [5.41, 5.74) is 4.16. The summed E-state index contributed by atoms with van der Waals surface area (Å²) in [6, 6.07) is 7.56. The van der Waals surface area contributed by atoms with Gasteiger partial charge in [-0.1, -0.05) is 0 Å². The van der Waals surface area contributed by atoms with Gasteiger partial charge in [0.2, 0.25) is 0 Å². The van der Waals surface area contributed by atoms with Crippen molar-refractivity contribution in [2.75, 3.05) is 27.3 Å². The largest absolute Gasteiger partial charge is 0.493 e. The molecule has 2 aromatic rings. The second-order valence-electron chi connectivity index (χ2n) is 7.87. The molecule has 2 heterocycles. The van der Waals surface area contributed by atoms with Gasteiger partial charge in [0, 0.05) is 35.6 Å². The molecule has 28 heavy (non-hydrogen) atoms. The van der Waals surface area contributed by atoms with E-state index in [1.807, 2.05) is 13.8 Å². The van der Waals surface area contributed by atoms with E-state index in [9.17, 15) is 4.39 Å². The fourth-order valence-electron chi connectivity index (χ4n) is 4.37. The molecule has 0 spiro atoms. The summed E-state index contributed by atoms with van der Waals surface area (Å²) < 4.78 is 25.3. The van der Waals surface area contributed by atoms with Gasteiger partial charge in [0.15, 0.2) is 11.5 Å². The number of pyridine rings is 1. The van der Waals surface area contributed by atoms with Crippen LogP contribution in [0.25, 0.3) is 0 Å². The van der Waals surface area contributed by atoms with Crippen LogP contribution >= 0.6 is 0 Å². The molecule has 0 saturated carbocycles. The van der Waals surface area contributed by atoms with Gasteiger partial charge in [-0.3, -0.25) is 9.88 Å². The molecule has 152 valence electrons. The van der Waals surface area contributed by atoms with Crippen LogP contribution in [0.1, 0.15) is 48.3 Å². The van der Waals surface area contributed by atoms with Crippen molar-refractivity contribution in [3.8, 4) is 11.5 Å². The first-order valence-electron chi connectivity index (χ1n) is 10.0. The third-order valence-corrected chi connectivity index (χ3v) is 5.72. The van der Waals surface area contributed by atoms with Gasteiger partial charge < -0.3 is 9.47 Å². The number of nitrogens with zero attached hydrogens (tertiary/aromatic N) is 2. The molecule has 5 heteroatoms. The van der Waals surface area contributed by atoms with Gasteiger partial charge in [-0.05, 0) is 76.3 Å². The number of halogens is 1. The third kappa shape index (κ3) is 4.64. The topological polar surface area (TPSA) is 34.6 Å². The van der Waals surface area contributed by atoms with Crippen molar-refractivity contribution in [1.82, 2.24) is 9.88 Å². The van der Waals surface area contributed by atoms with Crippen molar-refractivity contribution in [2.45, 2.75) is 46.1 Å². The van der Waals surface area contributed by atoms with Crippen LogP contribution in [0.5, 0.6) is 11.5 Å². The number of ether oxygens (including phenoxy) is 2. The Hall–Kier alpha value is -2.14. The number of aryl methyl sites for hydroxylation is 2. The van der Waals surface area contributed by atoms with E-state index < -0.39 is 0 Å². The summed E-state index contributed by atoms with van der Waals surface area (Å²) in [4.78, 5) is 6.86. The molecule has 0 amide bonds. The highest BCUT2D eigenvalue weighted by Gasteiger charge is 2.27. The van der Waals surface area contributed by atoms with Crippen molar-refractivity contribution >= 4 is 0 Å². The number of hydrogen-bond acceptors (Lipinski definition) is 4. The van der Waals surface area contributed by atoms with Crippen LogP contribution in [0.15, 0.2) is 24.3 Å². The smallest absolute Gasteiger partial charge is 0.163 e. The Morgan fingerprint density at radius 2 is 1.75 bits per heavy atom. The lowest BCUT2D eigenvalue weighted by Crippen LogP contribution is -2.38. The lowest BCUT2D eigenvalue weighted by molar-refractivity contribution is 0.129. The van der Waals surface area contributed by atoms with Crippen molar-refractivity contribution in [3.05, 3.63) is 52.6 Å². The molecule has 2 atom stereocenters. The summed E-state index contributed by atoms with van der Waals surface area (Å²) >= 11 is 0. The van der Waals surface area contributed by atoms with Gasteiger partial charge in [0.05, 0.1) is 14.2 Å². The molecule has 0 radical (unpaired) electrons. The van der Waals surface area contributed by atoms with Crippen LogP contribution in [-0.2, 0) is 6.42 Å². The molecule has 1 fully saturated rings. The highest BCUT2D eigenvalue weighted by molar-refractivity contribution is 5.44. The minimum absolute atomic E-state index is 0.0106. The third-order valence-electron chi connectivity index (χ3n) is 5.72. The maximum atomic E-state index is 14.7. The van der Waals surface area contributed by atoms with Gasteiger partial charge in [-0.2, -0.15) is 0 Å². The Bertz CT molecular complexity index is 804. The highest BCUT2D eigenvalue weighted by atomic mass is 19.1. The Labute approximate surface area is 167 Å². The standard InChI is InChI=1S/C23H31FN2O2/c1-15-9-19(10-16(2)25-15)11-18-7-6-8-26(14-18)17(3)20-12-22(27-4)23(28-5)13-21(20)24/h9-10,12-13,17-18H,6-8,11,14H2,1-5H3/t17-,18?/m0/s1. The first-order chi connectivity index (χ1) is 13.4. The number of aromatic nitrogens is 1. The van der Waals surface area contributed by atoms with Crippen LogP contribution in [-0.4, -0.2) is 37.2 Å². The molecule has 1 aliphatic heterocycles. The van der Waals surface area contributed by atoms with E-state index in [2.05, 4.69) is 28.9 Å². The Morgan fingerprint density at radius 1 is 1.11 bits per heavy atom. The monoisotopic (exact) mass is 386 g/mol. The first-order valence-corrected chi connectivity index (χ1v) is 10.0. The van der Waals surface area contributed by atoms with Crippen LogP contribution in [0.4, 0.5) is 4.39 Å². The van der Waals surface area contributed by atoms with E-state index in [1.54, 1.807) is 13.2 Å². The molecular weight excluding hydrogens is 355 g/mol. The lowest BCUT2D eigenvalue weighted by atomic mass is 9.89. The molecule has 1 unspecified atom stereocenters. The van der Waals surface area contributed by atoms with Crippen molar-refractivity contribution < 1.29 is 13.9 Å². The highest BCUT2D eigenvalue weighted by Crippen LogP contribution is 2.36. The van der Waals surface area contributed by atoms with Gasteiger partial charge in [0.1, 0.15) is 5.82 Å². The van der Waals surface area contributed by atoms with E-state index in [0.717, 1.165) is 37.3 Å². The second kappa shape index (κ2) is 8.91. The minimum Gasteiger partial charge on any atom is -0.493 e. The summed E-state index contributed by atoms with van der Waals surface area (Å²) in [6.45, 7) is 8.12. The summed E-state index contributed by atoms with van der Waals surface area (Å²) in [5, 5.41) is 0. The van der Waals surface area contributed by atoms with E-state index in [-0.39, 0.29) is 11.9 Å². The fraction of sp³-hybridized carbons (Fsp3) is 0.522. The minimum atomic E-state index is -0.243. The summed E-state index contributed by atoms with van der Waals surface area (Å²) in [6.07, 6.45) is 3.38. The molecular formula is C23H31FN2O2. The van der Waals surface area contributed by atoms with Crippen molar-refractivity contribution in [3.63, 3.8) is 0 Å². The molecule has 0 bridgehead atoms. The Kier molecular flexibility index (Phi) is 6.55. The number of piperidine rings is 1. The number of methoxy groups -OCH3 is 2. The second-order valence-corrected chi connectivity index (χ2v) is 7.87. The zero-order valence-corrected chi connectivity index (χ0v) is 17.6. The normalized spacial score (nSPS) is 18.7. The van der Waals surface area contributed by atoms with Crippen LogP contribution in [0, 0.1) is 25.6 Å². The number of benzene rings is 1. The lowest BCUT2D eigenvalue weighted by Gasteiger charge is -2.37. The van der Waals surface area contributed by atoms with Crippen LogP contribution < -0.4 is 9.47 Å². The molecule has 4 nitrogen and oxygen atoms in total. The van der Waals surface area contributed by atoms with E-state index in [0.29, 0.717) is 23.0 Å². The molecule has 0 N–H and O–H groups in total. The van der Waals surface area contributed by atoms with Crippen molar-refractivity contribution in [2.24, 2.45) is 5.92 Å². The SMILES string of the molecule is COc1cc(F)c([C@H](C)N2CCCC(Cc3cc(C)nc(C)c3)C2)cc1OC. The van der Waals surface area contributed by atoms with E-state index in [4.69, 9.17) is 9.47 Å². The van der Waals surface area contributed by atoms with E-state index in [1.165, 1.54) is 25.2 Å². The zero-order valence-electron chi connectivity index (χ0n) is 17.6. The van der Waals surface area contributed by atoms with Gasteiger partial charge in [-0.15, -0.1) is 0 Å². The van der Waals surface area contributed by atoms with E-state index >= 15 is 0 Å². The zero-order chi connectivity index (χ0) is 20.3. The summed E-state index contributed by atoms with van der Waals surface area (Å²) in [5.74, 6) is 1.33. The number of hydrogen-bond donors (Lipinski definition) is 0. The van der Waals surface area contributed by atoms with Crippen LogP contribution in [0.2, 0.25) is 0 Å². The predicted octanol–water partition coefficient (Wildman–Crippen LogP) is 4.87. The van der Waals surface area contributed by atoms with Crippen molar-refractivity contribution in [1.29, 1.82) is 0 Å². The van der Waals surface area contributed by atoms with Gasteiger partial charge in [-0.25, -0.2) is 4.39 Å². The molecule has 0 aliphatic carbocycles. The fourth-order valence-corrected chi connectivity index (χ4v) is 4.37. The Balaban J connectivity index is 1.75. The average molecular weight is 387 g/mol. The van der Waals surface area contributed by atoms with Gasteiger partial charge in [0.25, 0.3) is 0 Å². The van der Waals surface area contributed by atoms with Crippen LogP contribution in [0.3, 0.4) is 0 Å². The number of likely N-dealkylation sites (tertiary alicyclic amines) is 1. The van der Waals surface area contributed by atoms with Gasteiger partial charge >= 0.3 is 0 Å². The quantitative estimate of drug-likeness (QED) is 0.709. The molecule has 1 aromatic heterocycles. The molecule has 1 aliphatic rings. The maximum Gasteiger partial charge on any atom is 0.163 e. The predicted molar refractivity (Wildman–Crippen MR) is 110 cm³/mol. The molecule has 1 aromatic carbocycles. The number of rotatable bonds is 6. The average Bonchev–Trinajstić information content (AvgIpc) is 2.66.